The highest BCUT2D eigenvalue weighted by molar-refractivity contribution is 7.90. The summed E-state index contributed by atoms with van der Waals surface area (Å²) >= 11 is 0. The molecule has 242 valence electrons. The molecule has 3 atom stereocenters. The molecule has 1 saturated carbocycles. The molecular formula is C36H37N5O5S. The molecule has 2 aromatic heterocycles. The summed E-state index contributed by atoms with van der Waals surface area (Å²) in [5.41, 5.74) is 3.57. The molecule has 3 aromatic carbocycles. The fraction of sp³-hybridized carbons (Fsp3) is 0.278. The number of carboxylic acid groups (broad SMARTS) is 1. The van der Waals surface area contributed by atoms with Crippen molar-refractivity contribution in [3.63, 3.8) is 0 Å². The highest BCUT2D eigenvalue weighted by Gasteiger charge is 2.39. The number of ketones is 1. The molecule has 2 heterocycles. The van der Waals surface area contributed by atoms with Crippen molar-refractivity contribution in [3.8, 4) is 0 Å². The lowest BCUT2D eigenvalue weighted by atomic mass is 9.93. The molecular weight excluding hydrogens is 614 g/mol. The summed E-state index contributed by atoms with van der Waals surface area (Å²) in [7, 11) is -3.95. The highest BCUT2D eigenvalue weighted by Crippen LogP contribution is 2.37. The molecule has 0 saturated heterocycles. The van der Waals surface area contributed by atoms with Crippen LogP contribution in [0.2, 0.25) is 0 Å². The van der Waals surface area contributed by atoms with Gasteiger partial charge in [-0.25, -0.2) is 27.2 Å². The van der Waals surface area contributed by atoms with Crippen molar-refractivity contribution in [1.82, 2.24) is 18.8 Å². The number of fused-ring (bicyclic) bond motifs is 1. The van der Waals surface area contributed by atoms with Gasteiger partial charge in [-0.3, -0.25) is 14.6 Å². The van der Waals surface area contributed by atoms with Crippen LogP contribution in [0.25, 0.3) is 11.2 Å². The minimum Gasteiger partial charge on any atom is -0.465 e. The Morgan fingerprint density at radius 2 is 1.51 bits per heavy atom. The summed E-state index contributed by atoms with van der Waals surface area (Å²) in [6, 6.07) is 28.6. The predicted molar refractivity (Wildman–Crippen MR) is 179 cm³/mol. The standard InChI is InChI=1S/C36H37N5O5S/c1-25-13-15-30(16-14-25)47(45,46)41-18-17-32-35(41)37-21-34(38-32)40(36(43)44)24-33(42)31-20-29(19-26(31)2)39(22-27-9-5-3-6-10-27)23-28-11-7-4-8-12-28/h3-18,21,26,29,31H,19-20,22-24H2,1-2H3,(H,43,44). The van der Waals surface area contributed by atoms with Crippen LogP contribution in [0.15, 0.2) is 108 Å². The van der Waals surface area contributed by atoms with Gasteiger partial charge in [0.15, 0.2) is 17.2 Å². The lowest BCUT2D eigenvalue weighted by Gasteiger charge is -2.29. The number of hydrogen-bond acceptors (Lipinski definition) is 7. The van der Waals surface area contributed by atoms with Gasteiger partial charge in [-0.15, -0.1) is 0 Å². The monoisotopic (exact) mass is 651 g/mol. The number of carbonyl (C=O) groups is 2. The molecule has 3 unspecified atom stereocenters. The van der Waals surface area contributed by atoms with E-state index < -0.39 is 16.1 Å². The van der Waals surface area contributed by atoms with Crippen molar-refractivity contribution >= 4 is 38.9 Å². The minimum absolute atomic E-state index is 0.0409. The molecule has 0 radical (unpaired) electrons. The molecule has 1 fully saturated rings. The zero-order valence-electron chi connectivity index (χ0n) is 26.3. The van der Waals surface area contributed by atoms with Gasteiger partial charge in [0.25, 0.3) is 10.0 Å². The summed E-state index contributed by atoms with van der Waals surface area (Å²) in [4.78, 5) is 38.3. The SMILES string of the molecule is Cc1ccc(S(=O)(=O)n2ccc3nc(N(CC(=O)C4CC(N(Cc5ccccc5)Cc5ccccc5)CC4C)C(=O)O)cnc32)cc1. The first-order chi connectivity index (χ1) is 22.6. The number of aromatic nitrogens is 3. The van der Waals surface area contributed by atoms with Gasteiger partial charge in [-0.2, -0.15) is 0 Å². The number of carbonyl (C=O) groups excluding carboxylic acids is 1. The third-order valence-corrected chi connectivity index (χ3v) is 10.7. The zero-order chi connectivity index (χ0) is 33.1. The molecule has 47 heavy (non-hydrogen) atoms. The Balaban J connectivity index is 1.20. The van der Waals surface area contributed by atoms with E-state index in [0.29, 0.717) is 6.42 Å². The Hall–Kier alpha value is -4.87. The molecule has 10 nitrogen and oxygen atoms in total. The van der Waals surface area contributed by atoms with Crippen molar-refractivity contribution in [2.75, 3.05) is 11.4 Å². The molecule has 1 aliphatic carbocycles. The fourth-order valence-corrected chi connectivity index (χ4v) is 7.75. The van der Waals surface area contributed by atoms with Crippen molar-refractivity contribution < 1.29 is 23.1 Å². The Labute approximate surface area is 274 Å². The van der Waals surface area contributed by atoms with Crippen LogP contribution in [-0.2, 0) is 27.9 Å². The number of amides is 1. The van der Waals surface area contributed by atoms with E-state index in [2.05, 4.69) is 46.1 Å². The van der Waals surface area contributed by atoms with Crippen molar-refractivity contribution in [2.24, 2.45) is 11.8 Å². The molecule has 5 aromatic rings. The van der Waals surface area contributed by atoms with Crippen molar-refractivity contribution in [1.29, 1.82) is 0 Å². The van der Waals surface area contributed by atoms with Crippen LogP contribution in [0.5, 0.6) is 0 Å². The van der Waals surface area contributed by atoms with Crippen LogP contribution < -0.4 is 4.90 Å². The van der Waals surface area contributed by atoms with Gasteiger partial charge in [0.05, 0.1) is 17.6 Å². The molecule has 11 heteroatoms. The average Bonchev–Trinajstić information content (AvgIpc) is 3.68. The van der Waals surface area contributed by atoms with Crippen LogP contribution in [0.1, 0.15) is 36.5 Å². The number of aryl methyl sites for hydroxylation is 1. The van der Waals surface area contributed by atoms with Crippen LogP contribution in [0.4, 0.5) is 10.6 Å². The van der Waals surface area contributed by atoms with E-state index in [1.165, 1.54) is 41.7 Å². The summed E-state index contributed by atoms with van der Waals surface area (Å²) in [6.45, 7) is 5.02. The van der Waals surface area contributed by atoms with Crippen LogP contribution in [0.3, 0.4) is 0 Å². The first-order valence-corrected chi connectivity index (χ1v) is 17.1. The lowest BCUT2D eigenvalue weighted by Crippen LogP contribution is -2.38. The van der Waals surface area contributed by atoms with Gasteiger partial charge in [0.1, 0.15) is 5.52 Å². The van der Waals surface area contributed by atoms with Crippen LogP contribution in [0, 0.1) is 18.8 Å². The third-order valence-electron chi connectivity index (χ3n) is 8.99. The Morgan fingerprint density at radius 3 is 2.11 bits per heavy atom. The summed E-state index contributed by atoms with van der Waals surface area (Å²) in [5.74, 6) is -0.482. The van der Waals surface area contributed by atoms with E-state index in [0.717, 1.165) is 33.9 Å². The summed E-state index contributed by atoms with van der Waals surface area (Å²) < 4.78 is 27.6. The smallest absolute Gasteiger partial charge is 0.413 e. The lowest BCUT2D eigenvalue weighted by molar-refractivity contribution is -0.122. The van der Waals surface area contributed by atoms with Gasteiger partial charge in [-0.1, -0.05) is 85.3 Å². The van der Waals surface area contributed by atoms with Gasteiger partial charge >= 0.3 is 6.09 Å². The van der Waals surface area contributed by atoms with E-state index in [4.69, 9.17) is 0 Å². The topological polar surface area (TPSA) is 126 Å². The number of hydrogen-bond donors (Lipinski definition) is 1. The quantitative estimate of drug-likeness (QED) is 0.180. The summed E-state index contributed by atoms with van der Waals surface area (Å²) in [6.07, 6.45) is 2.65. The molecule has 1 amide bonds. The van der Waals surface area contributed by atoms with Crippen LogP contribution in [-0.4, -0.2) is 56.8 Å². The number of nitrogens with zero attached hydrogens (tertiary/aromatic N) is 5. The third kappa shape index (κ3) is 6.96. The van der Waals surface area contributed by atoms with E-state index in [-0.39, 0.29) is 52.1 Å². The maximum Gasteiger partial charge on any atom is 0.413 e. The first-order valence-electron chi connectivity index (χ1n) is 15.6. The van der Waals surface area contributed by atoms with E-state index in [1.54, 1.807) is 12.1 Å². The molecule has 0 bridgehead atoms. The highest BCUT2D eigenvalue weighted by atomic mass is 32.2. The number of benzene rings is 3. The molecule has 1 aliphatic rings. The second-order valence-corrected chi connectivity index (χ2v) is 14.1. The number of Topliss-reactive ketones (excluding diaryl/α,β-unsaturated/α-hetero) is 1. The predicted octanol–water partition coefficient (Wildman–Crippen LogP) is 6.15. The van der Waals surface area contributed by atoms with E-state index in [9.17, 15) is 23.1 Å². The normalized spacial score (nSPS) is 18.1. The average molecular weight is 652 g/mol. The van der Waals surface area contributed by atoms with Crippen LogP contribution >= 0.6 is 0 Å². The Kier molecular flexibility index (Phi) is 9.19. The maximum atomic E-state index is 13.8. The second-order valence-electron chi connectivity index (χ2n) is 12.3. The molecule has 6 rings (SSSR count). The molecule has 0 spiro atoms. The van der Waals surface area contributed by atoms with E-state index >= 15 is 0 Å². The second kappa shape index (κ2) is 13.5. The Morgan fingerprint density at radius 1 is 0.894 bits per heavy atom. The van der Waals surface area contributed by atoms with Gasteiger partial charge in [-0.05, 0) is 55.0 Å². The van der Waals surface area contributed by atoms with E-state index in [1.807, 2.05) is 43.3 Å². The van der Waals surface area contributed by atoms with Gasteiger partial charge in [0.2, 0.25) is 0 Å². The molecule has 0 aliphatic heterocycles. The number of rotatable bonds is 11. The molecule has 1 N–H and O–H groups in total. The first kappa shape index (κ1) is 32.1. The summed E-state index contributed by atoms with van der Waals surface area (Å²) in [5, 5.41) is 10.1. The van der Waals surface area contributed by atoms with Crippen molar-refractivity contribution in [3.05, 3.63) is 120 Å². The minimum atomic E-state index is -3.95. The van der Waals surface area contributed by atoms with Gasteiger partial charge in [0, 0.05) is 31.2 Å². The Bertz CT molecular complexity index is 1940. The zero-order valence-corrected chi connectivity index (χ0v) is 27.1. The van der Waals surface area contributed by atoms with Crippen molar-refractivity contribution in [2.45, 2.75) is 50.7 Å². The largest absolute Gasteiger partial charge is 0.465 e. The van der Waals surface area contributed by atoms with Gasteiger partial charge < -0.3 is 5.11 Å². The number of anilines is 1. The maximum absolute atomic E-state index is 13.8. The fourth-order valence-electron chi connectivity index (χ4n) is 6.46.